The summed E-state index contributed by atoms with van der Waals surface area (Å²) < 4.78 is 30.3. The molecule has 0 saturated heterocycles. The average Bonchev–Trinajstić information content (AvgIpc) is 2.44. The molecule has 130 valence electrons. The lowest BCUT2D eigenvalue weighted by Crippen LogP contribution is -2.41. The number of amides is 1. The number of methoxy groups -OCH3 is 1. The zero-order valence-corrected chi connectivity index (χ0v) is 15.2. The van der Waals surface area contributed by atoms with E-state index < -0.39 is 15.4 Å². The lowest BCUT2D eigenvalue weighted by Gasteiger charge is -2.22. The molecule has 7 heteroatoms. The summed E-state index contributed by atoms with van der Waals surface area (Å²) in [5, 5.41) is 2.76. The predicted octanol–water partition coefficient (Wildman–Crippen LogP) is 1.62. The van der Waals surface area contributed by atoms with Crippen molar-refractivity contribution in [2.45, 2.75) is 27.3 Å². The summed E-state index contributed by atoms with van der Waals surface area (Å²) in [4.78, 5) is 11.8. The third-order valence-electron chi connectivity index (χ3n) is 3.31. The van der Waals surface area contributed by atoms with Gasteiger partial charge in [0.25, 0.3) is 0 Å². The van der Waals surface area contributed by atoms with Gasteiger partial charge in [-0.15, -0.1) is 0 Å². The molecule has 0 unspecified atom stereocenters. The fourth-order valence-electron chi connectivity index (χ4n) is 1.86. The number of nitrogens with zero attached hydrogens (tertiary/aromatic N) is 1. The number of sulfonamides is 1. The van der Waals surface area contributed by atoms with Gasteiger partial charge in [-0.05, 0) is 17.7 Å². The molecule has 1 aromatic carbocycles. The Balaban J connectivity index is 2.68. The van der Waals surface area contributed by atoms with Crippen LogP contribution in [0.1, 0.15) is 26.3 Å². The van der Waals surface area contributed by atoms with Crippen molar-refractivity contribution in [3.05, 3.63) is 29.8 Å². The van der Waals surface area contributed by atoms with Crippen LogP contribution in [0.5, 0.6) is 5.75 Å². The standard InChI is InChI=1S/C16H26N2O4S/c1-16(2,3)15(19)17-10-11-18(23(5,20)21)12-13-6-8-14(22-4)9-7-13/h6-9H,10-12H2,1-5H3,(H,17,19). The lowest BCUT2D eigenvalue weighted by atomic mass is 9.96. The van der Waals surface area contributed by atoms with Gasteiger partial charge in [0.05, 0.1) is 13.4 Å². The molecule has 0 heterocycles. The fourth-order valence-corrected chi connectivity index (χ4v) is 2.66. The number of carbonyl (C=O) groups excluding carboxylic acids is 1. The molecular formula is C16H26N2O4S. The molecule has 0 spiro atoms. The second kappa shape index (κ2) is 7.79. The van der Waals surface area contributed by atoms with E-state index in [0.717, 1.165) is 11.3 Å². The van der Waals surface area contributed by atoms with Gasteiger partial charge in [-0.3, -0.25) is 4.79 Å². The minimum absolute atomic E-state index is 0.101. The van der Waals surface area contributed by atoms with Gasteiger partial charge in [0, 0.05) is 25.0 Å². The molecule has 0 aliphatic heterocycles. The first-order valence-electron chi connectivity index (χ1n) is 7.40. The molecule has 0 radical (unpaired) electrons. The molecular weight excluding hydrogens is 316 g/mol. The van der Waals surface area contributed by atoms with Crippen LogP contribution in [0.4, 0.5) is 0 Å². The highest BCUT2D eigenvalue weighted by molar-refractivity contribution is 7.88. The monoisotopic (exact) mass is 342 g/mol. The molecule has 0 atom stereocenters. The van der Waals surface area contributed by atoms with Crippen LogP contribution in [0.25, 0.3) is 0 Å². The van der Waals surface area contributed by atoms with Crippen molar-refractivity contribution in [1.29, 1.82) is 0 Å². The average molecular weight is 342 g/mol. The van der Waals surface area contributed by atoms with Crippen LogP contribution < -0.4 is 10.1 Å². The SMILES string of the molecule is COc1ccc(CN(CCNC(=O)C(C)(C)C)S(C)(=O)=O)cc1. The molecule has 0 aliphatic carbocycles. The predicted molar refractivity (Wildman–Crippen MR) is 90.7 cm³/mol. The number of carbonyl (C=O) groups is 1. The van der Waals surface area contributed by atoms with Crippen molar-refractivity contribution < 1.29 is 17.9 Å². The molecule has 0 aliphatic rings. The van der Waals surface area contributed by atoms with E-state index in [2.05, 4.69) is 5.32 Å². The second-order valence-corrected chi connectivity index (χ2v) is 8.43. The molecule has 6 nitrogen and oxygen atoms in total. The zero-order chi connectivity index (χ0) is 17.7. The fraction of sp³-hybridized carbons (Fsp3) is 0.562. The largest absolute Gasteiger partial charge is 0.497 e. The summed E-state index contributed by atoms with van der Waals surface area (Å²) in [6, 6.07) is 7.23. The molecule has 0 aromatic heterocycles. The van der Waals surface area contributed by atoms with Crippen LogP contribution >= 0.6 is 0 Å². The topological polar surface area (TPSA) is 75.7 Å². The van der Waals surface area contributed by atoms with E-state index >= 15 is 0 Å². The number of hydrogen-bond acceptors (Lipinski definition) is 4. The Kier molecular flexibility index (Phi) is 6.58. The third-order valence-corrected chi connectivity index (χ3v) is 4.56. The van der Waals surface area contributed by atoms with Crippen molar-refractivity contribution in [3.63, 3.8) is 0 Å². The van der Waals surface area contributed by atoms with Crippen LogP contribution in [0.3, 0.4) is 0 Å². The number of ether oxygens (including phenoxy) is 1. The maximum atomic E-state index is 11.9. The van der Waals surface area contributed by atoms with Gasteiger partial charge in [-0.1, -0.05) is 32.9 Å². The van der Waals surface area contributed by atoms with E-state index in [1.54, 1.807) is 19.2 Å². The van der Waals surface area contributed by atoms with Crippen LogP contribution in [-0.2, 0) is 21.4 Å². The van der Waals surface area contributed by atoms with Crippen LogP contribution in [0.2, 0.25) is 0 Å². The van der Waals surface area contributed by atoms with Crippen LogP contribution in [-0.4, -0.2) is 45.1 Å². The molecule has 0 bridgehead atoms. The number of benzene rings is 1. The van der Waals surface area contributed by atoms with Gasteiger partial charge in [0.15, 0.2) is 0 Å². The first-order valence-corrected chi connectivity index (χ1v) is 9.25. The normalized spacial score (nSPS) is 12.3. The lowest BCUT2D eigenvalue weighted by molar-refractivity contribution is -0.128. The van der Waals surface area contributed by atoms with Crippen molar-refractivity contribution >= 4 is 15.9 Å². The molecule has 0 saturated carbocycles. The Morgan fingerprint density at radius 2 is 1.78 bits per heavy atom. The minimum Gasteiger partial charge on any atom is -0.497 e. The van der Waals surface area contributed by atoms with Crippen LogP contribution in [0, 0.1) is 5.41 Å². The Labute approximate surface area is 138 Å². The summed E-state index contributed by atoms with van der Waals surface area (Å²) in [5.41, 5.74) is 0.365. The van der Waals surface area contributed by atoms with Crippen molar-refractivity contribution in [2.24, 2.45) is 5.41 Å². The first-order chi connectivity index (χ1) is 10.5. The maximum Gasteiger partial charge on any atom is 0.225 e. The molecule has 1 rings (SSSR count). The highest BCUT2D eigenvalue weighted by atomic mass is 32.2. The van der Waals surface area contributed by atoms with Gasteiger partial charge in [-0.2, -0.15) is 4.31 Å². The molecule has 23 heavy (non-hydrogen) atoms. The van der Waals surface area contributed by atoms with Gasteiger partial charge in [0.1, 0.15) is 5.75 Å². The molecule has 1 amide bonds. The van der Waals surface area contributed by atoms with Gasteiger partial charge in [0.2, 0.25) is 15.9 Å². The number of rotatable bonds is 7. The highest BCUT2D eigenvalue weighted by Crippen LogP contribution is 2.15. The van der Waals surface area contributed by atoms with Crippen molar-refractivity contribution in [2.75, 3.05) is 26.5 Å². The molecule has 0 fully saturated rings. The zero-order valence-electron chi connectivity index (χ0n) is 14.4. The maximum absolute atomic E-state index is 11.9. The Hall–Kier alpha value is -1.60. The van der Waals surface area contributed by atoms with Gasteiger partial charge >= 0.3 is 0 Å². The smallest absolute Gasteiger partial charge is 0.225 e. The van der Waals surface area contributed by atoms with Gasteiger partial charge in [-0.25, -0.2) is 8.42 Å². The first kappa shape index (κ1) is 19.4. The van der Waals surface area contributed by atoms with Crippen molar-refractivity contribution in [3.8, 4) is 5.75 Å². The third kappa shape index (κ3) is 6.58. The Bertz CT molecular complexity index is 618. The minimum atomic E-state index is -3.36. The van der Waals surface area contributed by atoms with Crippen LogP contribution in [0.15, 0.2) is 24.3 Å². The van der Waals surface area contributed by atoms with E-state index in [1.165, 1.54) is 10.6 Å². The summed E-state index contributed by atoms with van der Waals surface area (Å²) in [6.07, 6.45) is 1.17. The Morgan fingerprint density at radius 3 is 2.22 bits per heavy atom. The highest BCUT2D eigenvalue weighted by Gasteiger charge is 2.22. The second-order valence-electron chi connectivity index (χ2n) is 6.45. The summed E-state index contributed by atoms with van der Waals surface area (Å²) in [7, 11) is -1.78. The summed E-state index contributed by atoms with van der Waals surface area (Å²) in [5.74, 6) is 0.618. The van der Waals surface area contributed by atoms with E-state index in [-0.39, 0.29) is 25.5 Å². The summed E-state index contributed by atoms with van der Waals surface area (Å²) >= 11 is 0. The number of hydrogen-bond donors (Lipinski definition) is 1. The Morgan fingerprint density at radius 1 is 1.22 bits per heavy atom. The van der Waals surface area contributed by atoms with E-state index in [9.17, 15) is 13.2 Å². The van der Waals surface area contributed by atoms with Crippen molar-refractivity contribution in [1.82, 2.24) is 9.62 Å². The van der Waals surface area contributed by atoms with E-state index in [0.29, 0.717) is 0 Å². The summed E-state index contributed by atoms with van der Waals surface area (Å²) in [6.45, 7) is 6.20. The quantitative estimate of drug-likeness (QED) is 0.817. The van der Waals surface area contributed by atoms with Gasteiger partial charge < -0.3 is 10.1 Å². The molecule has 1 N–H and O–H groups in total. The molecule has 1 aromatic rings. The van der Waals surface area contributed by atoms with E-state index in [4.69, 9.17) is 4.74 Å². The van der Waals surface area contributed by atoms with E-state index in [1.807, 2.05) is 32.9 Å². The number of nitrogens with one attached hydrogen (secondary N) is 1.